The van der Waals surface area contributed by atoms with Gasteiger partial charge in [0, 0.05) is 63.1 Å². The first-order valence-electron chi connectivity index (χ1n) is 15.1. The molecule has 0 radical (unpaired) electrons. The number of aromatic nitrogens is 3. The lowest BCUT2D eigenvalue weighted by molar-refractivity contribution is 0.148. The molecular weight excluding hydrogens is 574 g/mol. The van der Waals surface area contributed by atoms with Crippen LogP contribution in [0.3, 0.4) is 0 Å². The number of piperidine rings is 1. The molecule has 11 heteroatoms. The summed E-state index contributed by atoms with van der Waals surface area (Å²) in [7, 11) is -1.02. The van der Waals surface area contributed by atoms with E-state index in [1.54, 1.807) is 10.5 Å². The van der Waals surface area contributed by atoms with Crippen molar-refractivity contribution in [3.63, 3.8) is 0 Å². The summed E-state index contributed by atoms with van der Waals surface area (Å²) >= 11 is 0. The number of fused-ring (bicyclic) bond motifs is 1. The molecule has 0 N–H and O–H groups in total. The van der Waals surface area contributed by atoms with Crippen LogP contribution in [0.1, 0.15) is 24.0 Å². The van der Waals surface area contributed by atoms with E-state index >= 15 is 0 Å². The lowest BCUT2D eigenvalue weighted by atomic mass is 9.98. The number of imidazole rings is 1. The summed E-state index contributed by atoms with van der Waals surface area (Å²) in [6.07, 6.45) is 7.31. The number of ether oxygens (including phenoxy) is 1. The third-order valence-electron chi connectivity index (χ3n) is 8.78. The molecule has 4 aromatic rings. The first-order chi connectivity index (χ1) is 21.2. The molecule has 6 rings (SSSR count). The van der Waals surface area contributed by atoms with Crippen molar-refractivity contribution in [1.29, 1.82) is 0 Å². The topological polar surface area (TPSA) is 87.6 Å². The van der Waals surface area contributed by atoms with Crippen LogP contribution in [0.25, 0.3) is 33.0 Å². The SMILES string of the molecule is [C-]#[N+]c1ccc(-c2nc(OC[C@@H]3CCCN(C)C3)c3nccn3c2-c2ccc(C)c(CN3CCN(S(C)(=O)=O)CC3)c2)cc1. The summed E-state index contributed by atoms with van der Waals surface area (Å²) in [5, 5.41) is 0. The van der Waals surface area contributed by atoms with Crippen LogP contribution in [-0.2, 0) is 16.6 Å². The molecule has 2 fully saturated rings. The van der Waals surface area contributed by atoms with Gasteiger partial charge in [-0.3, -0.25) is 9.30 Å². The average Bonchev–Trinajstić information content (AvgIpc) is 3.51. The summed E-state index contributed by atoms with van der Waals surface area (Å²) in [5.41, 5.74) is 7.16. The van der Waals surface area contributed by atoms with Crippen molar-refractivity contribution < 1.29 is 13.2 Å². The number of likely N-dealkylation sites (tertiary alicyclic amines) is 1. The highest BCUT2D eigenvalue weighted by atomic mass is 32.2. The molecule has 0 saturated carbocycles. The highest BCUT2D eigenvalue weighted by Crippen LogP contribution is 2.36. The minimum absolute atomic E-state index is 0.436. The molecule has 44 heavy (non-hydrogen) atoms. The van der Waals surface area contributed by atoms with Gasteiger partial charge in [0.05, 0.1) is 30.8 Å². The summed E-state index contributed by atoms with van der Waals surface area (Å²) in [6.45, 7) is 15.3. The fraction of sp³-hybridized carbons (Fsp3) is 0.424. The maximum absolute atomic E-state index is 12.0. The molecule has 2 aliphatic heterocycles. The predicted octanol–water partition coefficient (Wildman–Crippen LogP) is 4.72. The number of hydrogen-bond acceptors (Lipinski definition) is 7. The van der Waals surface area contributed by atoms with E-state index in [0.29, 0.717) is 55.9 Å². The molecule has 0 bridgehead atoms. The van der Waals surface area contributed by atoms with Gasteiger partial charge in [0.15, 0.2) is 5.69 Å². The van der Waals surface area contributed by atoms with Crippen molar-refractivity contribution in [3.8, 4) is 28.4 Å². The molecular formula is C33H39N7O3S. The first-order valence-corrected chi connectivity index (χ1v) is 17.0. The Bertz CT molecular complexity index is 1790. The minimum Gasteiger partial charge on any atom is -0.475 e. The van der Waals surface area contributed by atoms with Crippen LogP contribution in [0.15, 0.2) is 54.9 Å². The molecule has 0 spiro atoms. The standard InChI is InChI=1S/C33H39N7O3S/c1-24-7-8-27(20-28(24)22-38-16-18-39(19-17-38)44(4,41)42)31-30(26-9-11-29(34-2)12-10-26)36-33(32-35-13-15-40(31)32)43-23-25-6-5-14-37(3)21-25/h7-13,15,20,25H,5-6,14,16-19,21-23H2,1,3-4H3/t25-/m1/s1. The van der Waals surface area contributed by atoms with Crippen molar-refractivity contribution in [3.05, 3.63) is 77.4 Å². The maximum atomic E-state index is 12.0. The Labute approximate surface area is 259 Å². The molecule has 1 atom stereocenters. The average molecular weight is 614 g/mol. The molecule has 2 aromatic heterocycles. The van der Waals surface area contributed by atoms with E-state index in [4.69, 9.17) is 16.3 Å². The molecule has 2 saturated heterocycles. The molecule has 0 unspecified atom stereocenters. The molecule has 0 amide bonds. The first kappa shape index (κ1) is 30.2. The van der Waals surface area contributed by atoms with Crippen molar-refractivity contribution in [2.45, 2.75) is 26.3 Å². The van der Waals surface area contributed by atoms with Gasteiger partial charge < -0.3 is 9.64 Å². The van der Waals surface area contributed by atoms with E-state index < -0.39 is 10.0 Å². The van der Waals surface area contributed by atoms with Gasteiger partial charge in [0.25, 0.3) is 5.88 Å². The van der Waals surface area contributed by atoms with Gasteiger partial charge in [0.2, 0.25) is 15.7 Å². The van der Waals surface area contributed by atoms with Crippen LogP contribution < -0.4 is 4.74 Å². The van der Waals surface area contributed by atoms with Gasteiger partial charge >= 0.3 is 0 Å². The van der Waals surface area contributed by atoms with E-state index in [1.807, 2.05) is 30.5 Å². The number of nitrogens with zero attached hydrogens (tertiary/aromatic N) is 7. The van der Waals surface area contributed by atoms with Crippen molar-refractivity contribution >= 4 is 21.4 Å². The zero-order valence-corrected chi connectivity index (χ0v) is 26.4. The van der Waals surface area contributed by atoms with Gasteiger partial charge in [-0.15, -0.1) is 0 Å². The monoisotopic (exact) mass is 613 g/mol. The summed E-state index contributed by atoms with van der Waals surface area (Å²) in [5.74, 6) is 0.943. The Morgan fingerprint density at radius 1 is 1.05 bits per heavy atom. The number of sulfonamides is 1. The Morgan fingerprint density at radius 2 is 1.80 bits per heavy atom. The molecule has 10 nitrogen and oxygen atoms in total. The normalized spacial score (nSPS) is 18.8. The van der Waals surface area contributed by atoms with E-state index in [2.05, 4.69) is 56.2 Å². The number of benzene rings is 2. The number of piperazine rings is 1. The zero-order chi connectivity index (χ0) is 30.8. The van der Waals surface area contributed by atoms with Crippen molar-refractivity contribution in [1.82, 2.24) is 28.5 Å². The molecule has 230 valence electrons. The quantitative estimate of drug-likeness (QED) is 0.266. The summed E-state index contributed by atoms with van der Waals surface area (Å²) in [6, 6.07) is 14.0. The van der Waals surface area contributed by atoms with E-state index in [0.717, 1.165) is 55.0 Å². The van der Waals surface area contributed by atoms with Crippen LogP contribution >= 0.6 is 0 Å². The van der Waals surface area contributed by atoms with Gasteiger partial charge in [-0.2, -0.15) is 4.31 Å². The smallest absolute Gasteiger partial charge is 0.259 e. The van der Waals surface area contributed by atoms with Crippen LogP contribution in [0.5, 0.6) is 5.88 Å². The van der Waals surface area contributed by atoms with Crippen LogP contribution in [0.4, 0.5) is 5.69 Å². The van der Waals surface area contributed by atoms with Gasteiger partial charge in [-0.05, 0) is 56.1 Å². The molecule has 2 aromatic carbocycles. The van der Waals surface area contributed by atoms with Crippen molar-refractivity contribution in [2.75, 3.05) is 59.2 Å². The molecule has 4 heterocycles. The van der Waals surface area contributed by atoms with Gasteiger partial charge in [0.1, 0.15) is 0 Å². The maximum Gasteiger partial charge on any atom is 0.259 e. The lowest BCUT2D eigenvalue weighted by Gasteiger charge is -2.33. The minimum atomic E-state index is -3.18. The Balaban J connectivity index is 1.37. The summed E-state index contributed by atoms with van der Waals surface area (Å²) in [4.78, 5) is 18.0. The largest absolute Gasteiger partial charge is 0.475 e. The predicted molar refractivity (Wildman–Crippen MR) is 172 cm³/mol. The lowest BCUT2D eigenvalue weighted by Crippen LogP contribution is -2.47. The van der Waals surface area contributed by atoms with E-state index in [9.17, 15) is 8.42 Å². The Morgan fingerprint density at radius 3 is 2.50 bits per heavy atom. The Hall–Kier alpha value is -3.82. The van der Waals surface area contributed by atoms with Gasteiger partial charge in [-0.1, -0.05) is 36.4 Å². The number of rotatable bonds is 8. The second-order valence-electron chi connectivity index (χ2n) is 12.1. The fourth-order valence-electron chi connectivity index (χ4n) is 6.28. The zero-order valence-electron chi connectivity index (χ0n) is 25.6. The third-order valence-corrected chi connectivity index (χ3v) is 10.1. The van der Waals surface area contributed by atoms with Crippen LogP contribution in [0.2, 0.25) is 0 Å². The van der Waals surface area contributed by atoms with E-state index in [-0.39, 0.29) is 0 Å². The second-order valence-corrected chi connectivity index (χ2v) is 14.0. The van der Waals surface area contributed by atoms with Crippen LogP contribution in [0, 0.1) is 19.4 Å². The number of hydrogen-bond donors (Lipinski definition) is 0. The fourth-order valence-corrected chi connectivity index (χ4v) is 7.11. The van der Waals surface area contributed by atoms with E-state index in [1.165, 1.54) is 17.4 Å². The van der Waals surface area contributed by atoms with Gasteiger partial charge in [-0.25, -0.2) is 23.2 Å². The third kappa shape index (κ3) is 6.49. The van der Waals surface area contributed by atoms with Crippen LogP contribution in [-0.4, -0.2) is 96.1 Å². The molecule has 2 aliphatic rings. The highest BCUT2D eigenvalue weighted by Gasteiger charge is 2.25. The second kappa shape index (κ2) is 12.7. The Kier molecular flexibility index (Phi) is 8.69. The molecule has 0 aliphatic carbocycles. The summed E-state index contributed by atoms with van der Waals surface area (Å²) < 4.78 is 34.0. The highest BCUT2D eigenvalue weighted by molar-refractivity contribution is 7.88. The number of aryl methyl sites for hydroxylation is 1. The van der Waals surface area contributed by atoms with Crippen molar-refractivity contribution in [2.24, 2.45) is 5.92 Å².